The zero-order chi connectivity index (χ0) is 21.7. The van der Waals surface area contributed by atoms with Crippen LogP contribution in [0.4, 0.5) is 24.5 Å². The number of rotatable bonds is 6. The van der Waals surface area contributed by atoms with Gasteiger partial charge < -0.3 is 15.1 Å². The SMILES string of the molecule is CC(CSc1ccccc1)C(=O)Nc1ccc(N2CCN(C)CC2)cc1C(F)(F)F. The molecule has 162 valence electrons. The van der Waals surface area contributed by atoms with Crippen molar-refractivity contribution < 1.29 is 18.0 Å². The van der Waals surface area contributed by atoms with E-state index in [1.54, 1.807) is 13.0 Å². The Balaban J connectivity index is 1.70. The average Bonchev–Trinajstić information content (AvgIpc) is 2.73. The van der Waals surface area contributed by atoms with Crippen LogP contribution in [-0.2, 0) is 11.0 Å². The molecule has 1 N–H and O–H groups in total. The first-order valence-corrected chi connectivity index (χ1v) is 10.9. The summed E-state index contributed by atoms with van der Waals surface area (Å²) in [4.78, 5) is 17.6. The first-order chi connectivity index (χ1) is 14.2. The number of alkyl halides is 3. The normalized spacial score (nSPS) is 16.4. The summed E-state index contributed by atoms with van der Waals surface area (Å²) in [5.41, 5.74) is -0.474. The Morgan fingerprint density at radius 1 is 1.10 bits per heavy atom. The van der Waals surface area contributed by atoms with Gasteiger partial charge in [0.25, 0.3) is 0 Å². The number of anilines is 2. The Morgan fingerprint density at radius 3 is 2.40 bits per heavy atom. The van der Waals surface area contributed by atoms with Gasteiger partial charge in [-0.15, -0.1) is 11.8 Å². The van der Waals surface area contributed by atoms with Crippen LogP contribution in [0.15, 0.2) is 53.4 Å². The van der Waals surface area contributed by atoms with Crippen molar-refractivity contribution in [3.63, 3.8) is 0 Å². The molecule has 1 saturated heterocycles. The minimum absolute atomic E-state index is 0.193. The van der Waals surface area contributed by atoms with Gasteiger partial charge in [-0.3, -0.25) is 4.79 Å². The lowest BCUT2D eigenvalue weighted by Crippen LogP contribution is -2.44. The first kappa shape index (κ1) is 22.5. The van der Waals surface area contributed by atoms with Crippen LogP contribution in [0.2, 0.25) is 0 Å². The summed E-state index contributed by atoms with van der Waals surface area (Å²) in [5.74, 6) is -0.374. The maximum absolute atomic E-state index is 13.7. The summed E-state index contributed by atoms with van der Waals surface area (Å²) in [6, 6.07) is 13.8. The van der Waals surface area contributed by atoms with E-state index in [0.717, 1.165) is 24.1 Å². The van der Waals surface area contributed by atoms with Crippen molar-refractivity contribution in [3.8, 4) is 0 Å². The maximum Gasteiger partial charge on any atom is 0.418 e. The van der Waals surface area contributed by atoms with Crippen molar-refractivity contribution in [3.05, 3.63) is 54.1 Å². The summed E-state index contributed by atoms with van der Waals surface area (Å²) in [5, 5.41) is 2.49. The van der Waals surface area contributed by atoms with Gasteiger partial charge in [-0.05, 0) is 37.4 Å². The Morgan fingerprint density at radius 2 is 1.77 bits per heavy atom. The summed E-state index contributed by atoms with van der Waals surface area (Å²) in [6.45, 7) is 4.67. The number of carbonyl (C=O) groups excluding carboxylic acids is 1. The van der Waals surface area contributed by atoms with Crippen molar-refractivity contribution in [2.45, 2.75) is 18.0 Å². The number of carbonyl (C=O) groups is 1. The zero-order valence-corrected chi connectivity index (χ0v) is 17.9. The van der Waals surface area contributed by atoms with E-state index in [0.29, 0.717) is 24.5 Å². The molecule has 2 aromatic rings. The lowest BCUT2D eigenvalue weighted by molar-refractivity contribution is -0.137. The first-order valence-electron chi connectivity index (χ1n) is 9.87. The van der Waals surface area contributed by atoms with Crippen molar-refractivity contribution in [1.82, 2.24) is 4.90 Å². The third kappa shape index (κ3) is 5.92. The van der Waals surface area contributed by atoms with E-state index in [2.05, 4.69) is 10.2 Å². The van der Waals surface area contributed by atoms with Gasteiger partial charge in [-0.25, -0.2) is 0 Å². The molecule has 30 heavy (non-hydrogen) atoms. The summed E-state index contributed by atoms with van der Waals surface area (Å²) in [7, 11) is 1.99. The van der Waals surface area contributed by atoms with Crippen molar-refractivity contribution in [2.24, 2.45) is 5.92 Å². The highest BCUT2D eigenvalue weighted by Gasteiger charge is 2.35. The molecule has 8 heteroatoms. The van der Waals surface area contributed by atoms with Crippen molar-refractivity contribution >= 4 is 29.0 Å². The topological polar surface area (TPSA) is 35.6 Å². The van der Waals surface area contributed by atoms with Gasteiger partial charge in [0.15, 0.2) is 0 Å². The summed E-state index contributed by atoms with van der Waals surface area (Å²) >= 11 is 1.50. The van der Waals surface area contributed by atoms with Crippen LogP contribution in [0.5, 0.6) is 0 Å². The van der Waals surface area contributed by atoms with Gasteiger partial charge in [-0.2, -0.15) is 13.2 Å². The predicted molar refractivity (Wildman–Crippen MR) is 116 cm³/mol. The standard InChI is InChI=1S/C22H26F3N3OS/c1-16(15-30-18-6-4-3-5-7-18)21(29)26-20-9-8-17(14-19(20)22(23,24)25)28-12-10-27(2)11-13-28/h3-9,14,16H,10-13,15H2,1-2H3,(H,26,29). The molecule has 1 aliphatic heterocycles. The van der Waals surface area contributed by atoms with Gasteiger partial charge in [0.2, 0.25) is 5.91 Å². The van der Waals surface area contributed by atoms with Crippen LogP contribution in [0, 0.1) is 5.92 Å². The number of hydrogen-bond acceptors (Lipinski definition) is 4. The molecule has 0 aromatic heterocycles. The molecule has 1 aliphatic rings. The number of halogens is 3. The molecule has 0 spiro atoms. The predicted octanol–water partition coefficient (Wildman–Crippen LogP) is 4.82. The van der Waals surface area contributed by atoms with E-state index in [1.165, 1.54) is 17.8 Å². The average molecular weight is 438 g/mol. The molecule has 1 fully saturated rings. The third-order valence-electron chi connectivity index (χ3n) is 5.13. The Labute approximate surface area is 179 Å². The highest BCUT2D eigenvalue weighted by molar-refractivity contribution is 7.99. The van der Waals surface area contributed by atoms with E-state index >= 15 is 0 Å². The lowest BCUT2D eigenvalue weighted by Gasteiger charge is -2.34. The number of nitrogens with zero attached hydrogens (tertiary/aromatic N) is 2. The lowest BCUT2D eigenvalue weighted by atomic mass is 10.1. The molecule has 1 atom stereocenters. The fourth-order valence-electron chi connectivity index (χ4n) is 3.21. The van der Waals surface area contributed by atoms with Crippen LogP contribution in [-0.4, -0.2) is 49.8 Å². The number of likely N-dealkylation sites (N-methyl/N-ethyl adjacent to an activating group) is 1. The molecular formula is C22H26F3N3OS. The molecule has 3 rings (SSSR count). The van der Waals surface area contributed by atoms with E-state index in [-0.39, 0.29) is 5.69 Å². The molecule has 1 amide bonds. The maximum atomic E-state index is 13.7. The van der Waals surface area contributed by atoms with Gasteiger partial charge in [-0.1, -0.05) is 25.1 Å². The Bertz CT molecular complexity index is 852. The van der Waals surface area contributed by atoms with Crippen LogP contribution in [0.3, 0.4) is 0 Å². The smallest absolute Gasteiger partial charge is 0.369 e. The van der Waals surface area contributed by atoms with Crippen molar-refractivity contribution in [1.29, 1.82) is 0 Å². The van der Waals surface area contributed by atoms with Crippen LogP contribution < -0.4 is 10.2 Å². The van der Waals surface area contributed by atoms with Crippen LogP contribution >= 0.6 is 11.8 Å². The molecule has 1 unspecified atom stereocenters. The number of nitrogens with one attached hydrogen (secondary N) is 1. The second-order valence-corrected chi connectivity index (χ2v) is 8.63. The molecule has 0 saturated carbocycles. The van der Waals surface area contributed by atoms with E-state index in [4.69, 9.17) is 0 Å². The number of piperazine rings is 1. The minimum atomic E-state index is -4.55. The Kier molecular flexibility index (Phi) is 7.31. The molecule has 0 bridgehead atoms. The number of benzene rings is 2. The fraction of sp³-hybridized carbons (Fsp3) is 0.409. The molecular weight excluding hydrogens is 411 g/mol. The van der Waals surface area contributed by atoms with Gasteiger partial charge >= 0.3 is 6.18 Å². The number of amides is 1. The fourth-order valence-corrected chi connectivity index (χ4v) is 4.15. The third-order valence-corrected chi connectivity index (χ3v) is 6.40. The highest BCUT2D eigenvalue weighted by atomic mass is 32.2. The zero-order valence-electron chi connectivity index (χ0n) is 17.1. The molecule has 4 nitrogen and oxygen atoms in total. The van der Waals surface area contributed by atoms with Gasteiger partial charge in [0, 0.05) is 48.4 Å². The molecule has 1 heterocycles. The molecule has 2 aromatic carbocycles. The minimum Gasteiger partial charge on any atom is -0.369 e. The van der Waals surface area contributed by atoms with Crippen LogP contribution in [0.25, 0.3) is 0 Å². The monoisotopic (exact) mass is 437 g/mol. The second-order valence-electron chi connectivity index (χ2n) is 7.53. The highest BCUT2D eigenvalue weighted by Crippen LogP contribution is 2.38. The van der Waals surface area contributed by atoms with Crippen LogP contribution in [0.1, 0.15) is 12.5 Å². The second kappa shape index (κ2) is 9.75. The summed E-state index contributed by atoms with van der Waals surface area (Å²) in [6.07, 6.45) is -4.55. The summed E-state index contributed by atoms with van der Waals surface area (Å²) < 4.78 is 41.1. The quantitative estimate of drug-likeness (QED) is 0.657. The van der Waals surface area contributed by atoms with Gasteiger partial charge in [0.05, 0.1) is 11.3 Å². The number of thioether (sulfide) groups is 1. The van der Waals surface area contributed by atoms with E-state index in [9.17, 15) is 18.0 Å². The van der Waals surface area contributed by atoms with Crippen molar-refractivity contribution in [2.75, 3.05) is 49.2 Å². The largest absolute Gasteiger partial charge is 0.418 e. The molecule has 0 aliphatic carbocycles. The molecule has 0 radical (unpaired) electrons. The van der Waals surface area contributed by atoms with Gasteiger partial charge in [0.1, 0.15) is 0 Å². The van der Waals surface area contributed by atoms with E-state index in [1.807, 2.05) is 42.3 Å². The van der Waals surface area contributed by atoms with E-state index < -0.39 is 23.6 Å². The number of hydrogen-bond donors (Lipinski definition) is 1. The Hall–Kier alpha value is -2.19.